The van der Waals surface area contributed by atoms with Gasteiger partial charge in [0.1, 0.15) is 0 Å². The van der Waals surface area contributed by atoms with Crippen LogP contribution in [0.25, 0.3) is 0 Å². The zero-order valence-corrected chi connectivity index (χ0v) is 14.8. The van der Waals surface area contributed by atoms with E-state index < -0.39 is 5.97 Å². The van der Waals surface area contributed by atoms with Crippen molar-refractivity contribution in [2.75, 3.05) is 6.54 Å². The van der Waals surface area contributed by atoms with Crippen LogP contribution in [-0.2, 0) is 6.54 Å². The normalized spacial score (nSPS) is 20.2. The fraction of sp³-hybridized carbons (Fsp3) is 0.350. The largest absolute Gasteiger partial charge is 0.478 e. The summed E-state index contributed by atoms with van der Waals surface area (Å²) in [4.78, 5) is 13.7. The van der Waals surface area contributed by atoms with Crippen LogP contribution in [0.15, 0.2) is 48.5 Å². The van der Waals surface area contributed by atoms with Crippen LogP contribution in [0.4, 0.5) is 0 Å². The van der Waals surface area contributed by atoms with Crippen LogP contribution in [0, 0.1) is 0 Å². The summed E-state index contributed by atoms with van der Waals surface area (Å²) < 4.78 is 0. The van der Waals surface area contributed by atoms with Gasteiger partial charge in [-0.15, -0.1) is 0 Å². The van der Waals surface area contributed by atoms with Crippen LogP contribution < -0.4 is 0 Å². The topological polar surface area (TPSA) is 40.5 Å². The molecule has 0 spiro atoms. The Morgan fingerprint density at radius 1 is 1.21 bits per heavy atom. The first-order valence-electron chi connectivity index (χ1n) is 8.19. The summed E-state index contributed by atoms with van der Waals surface area (Å²) in [6, 6.07) is 15.8. The molecule has 0 saturated carbocycles. The van der Waals surface area contributed by atoms with Gasteiger partial charge in [-0.1, -0.05) is 54.1 Å². The van der Waals surface area contributed by atoms with Gasteiger partial charge in [0.15, 0.2) is 0 Å². The molecule has 24 heavy (non-hydrogen) atoms. The fourth-order valence-electron chi connectivity index (χ4n) is 3.61. The van der Waals surface area contributed by atoms with Crippen molar-refractivity contribution in [3.8, 4) is 0 Å². The maximum absolute atomic E-state index is 11.3. The van der Waals surface area contributed by atoms with E-state index in [0.29, 0.717) is 17.5 Å². The third kappa shape index (κ3) is 3.33. The van der Waals surface area contributed by atoms with Crippen molar-refractivity contribution in [3.63, 3.8) is 0 Å². The van der Waals surface area contributed by atoms with Crippen LogP contribution in [0.1, 0.15) is 47.7 Å². The molecule has 1 aliphatic rings. The number of halogens is 1. The highest BCUT2D eigenvalue weighted by atomic mass is 35.5. The van der Waals surface area contributed by atoms with Gasteiger partial charge in [0.05, 0.1) is 10.6 Å². The highest BCUT2D eigenvalue weighted by Gasteiger charge is 2.38. The molecule has 3 nitrogen and oxygen atoms in total. The molecule has 0 aliphatic carbocycles. The first-order chi connectivity index (χ1) is 11.4. The van der Waals surface area contributed by atoms with Crippen molar-refractivity contribution in [2.45, 2.75) is 38.3 Å². The van der Waals surface area contributed by atoms with Gasteiger partial charge in [0.25, 0.3) is 0 Å². The molecule has 3 rings (SSSR count). The standard InChI is InChI=1S/C20H22ClNO2/c1-20(2)11-16(14-7-4-3-5-8-14)13-22(20)12-15-9-6-10-17(18(15)21)19(23)24/h3-10,16H,11-13H2,1-2H3,(H,23,24). The molecule has 1 atom stereocenters. The van der Waals surface area contributed by atoms with E-state index in [-0.39, 0.29) is 11.1 Å². The van der Waals surface area contributed by atoms with Crippen LogP contribution in [-0.4, -0.2) is 28.1 Å². The Bertz CT molecular complexity index is 743. The molecule has 0 amide bonds. The van der Waals surface area contributed by atoms with Gasteiger partial charge in [-0.25, -0.2) is 4.79 Å². The average molecular weight is 344 g/mol. The lowest BCUT2D eigenvalue weighted by Gasteiger charge is -2.31. The molecule has 0 radical (unpaired) electrons. The second-order valence-corrected chi connectivity index (χ2v) is 7.47. The van der Waals surface area contributed by atoms with Gasteiger partial charge in [0, 0.05) is 18.6 Å². The maximum atomic E-state index is 11.3. The summed E-state index contributed by atoms with van der Waals surface area (Å²) in [6.07, 6.45) is 1.08. The monoisotopic (exact) mass is 343 g/mol. The number of carboxylic acids is 1. The van der Waals surface area contributed by atoms with Gasteiger partial charge in [0.2, 0.25) is 0 Å². The molecule has 1 aliphatic heterocycles. The number of nitrogens with zero attached hydrogens (tertiary/aromatic N) is 1. The summed E-state index contributed by atoms with van der Waals surface area (Å²) >= 11 is 6.32. The van der Waals surface area contributed by atoms with Crippen LogP contribution in [0.5, 0.6) is 0 Å². The minimum Gasteiger partial charge on any atom is -0.478 e. The third-order valence-corrected chi connectivity index (χ3v) is 5.43. The first kappa shape index (κ1) is 17.0. The zero-order valence-electron chi connectivity index (χ0n) is 14.0. The molecule has 1 N–H and O–H groups in total. The quantitative estimate of drug-likeness (QED) is 0.866. The second-order valence-electron chi connectivity index (χ2n) is 7.09. The Balaban J connectivity index is 1.83. The minimum absolute atomic E-state index is 0.0447. The number of rotatable bonds is 4. The molecule has 0 bridgehead atoms. The molecular formula is C20H22ClNO2. The molecule has 126 valence electrons. The maximum Gasteiger partial charge on any atom is 0.337 e. The molecule has 1 unspecified atom stereocenters. The summed E-state index contributed by atoms with van der Waals surface area (Å²) in [5.41, 5.74) is 2.45. The van der Waals surface area contributed by atoms with Gasteiger partial charge in [-0.3, -0.25) is 4.90 Å². The molecule has 1 fully saturated rings. The summed E-state index contributed by atoms with van der Waals surface area (Å²) in [6.45, 7) is 6.09. The molecule has 1 saturated heterocycles. The molecule has 2 aromatic rings. The molecular weight excluding hydrogens is 322 g/mol. The predicted octanol–water partition coefficient (Wildman–Crippen LogP) is 4.81. The SMILES string of the molecule is CC1(C)CC(c2ccccc2)CN1Cc1cccc(C(=O)O)c1Cl. The summed E-state index contributed by atoms with van der Waals surface area (Å²) in [5, 5.41) is 9.60. The number of aromatic carboxylic acids is 1. The van der Waals surface area contributed by atoms with E-state index >= 15 is 0 Å². The van der Waals surface area contributed by atoms with Crippen molar-refractivity contribution in [2.24, 2.45) is 0 Å². The van der Waals surface area contributed by atoms with Crippen molar-refractivity contribution < 1.29 is 9.90 Å². The smallest absolute Gasteiger partial charge is 0.337 e. The van der Waals surface area contributed by atoms with E-state index in [1.807, 2.05) is 12.1 Å². The number of likely N-dealkylation sites (tertiary alicyclic amines) is 1. The van der Waals surface area contributed by atoms with Crippen LogP contribution in [0.3, 0.4) is 0 Å². The number of hydrogen-bond donors (Lipinski definition) is 1. The van der Waals surface area contributed by atoms with Crippen LogP contribution in [0.2, 0.25) is 5.02 Å². The Morgan fingerprint density at radius 3 is 2.58 bits per heavy atom. The molecule has 4 heteroatoms. The lowest BCUT2D eigenvalue weighted by Crippen LogP contribution is -2.37. The van der Waals surface area contributed by atoms with Crippen molar-refractivity contribution in [1.29, 1.82) is 0 Å². The number of carbonyl (C=O) groups is 1. The summed E-state index contributed by atoms with van der Waals surface area (Å²) in [7, 11) is 0. The van der Waals surface area contributed by atoms with Gasteiger partial charge in [-0.05, 0) is 43.4 Å². The number of carboxylic acid groups (broad SMARTS) is 1. The Kier molecular flexibility index (Phi) is 4.66. The van der Waals surface area contributed by atoms with Crippen molar-refractivity contribution in [3.05, 3.63) is 70.2 Å². The van der Waals surface area contributed by atoms with Gasteiger partial charge in [-0.2, -0.15) is 0 Å². The zero-order chi connectivity index (χ0) is 17.3. The van der Waals surface area contributed by atoms with E-state index in [2.05, 4.69) is 43.0 Å². The first-order valence-corrected chi connectivity index (χ1v) is 8.57. The number of benzene rings is 2. The lowest BCUT2D eigenvalue weighted by molar-refractivity contribution is 0.0697. The highest BCUT2D eigenvalue weighted by Crippen LogP contribution is 2.40. The second kappa shape index (κ2) is 6.58. The predicted molar refractivity (Wildman–Crippen MR) is 96.7 cm³/mol. The van der Waals surface area contributed by atoms with Crippen LogP contribution >= 0.6 is 11.6 Å². The van der Waals surface area contributed by atoms with Gasteiger partial charge < -0.3 is 5.11 Å². The van der Waals surface area contributed by atoms with Crippen molar-refractivity contribution >= 4 is 17.6 Å². The average Bonchev–Trinajstić information content (AvgIpc) is 2.85. The minimum atomic E-state index is -0.982. The van der Waals surface area contributed by atoms with Gasteiger partial charge >= 0.3 is 5.97 Å². The fourth-order valence-corrected chi connectivity index (χ4v) is 3.88. The Labute approximate surface area is 147 Å². The van der Waals surface area contributed by atoms with Crippen molar-refractivity contribution in [1.82, 2.24) is 4.90 Å². The van der Waals surface area contributed by atoms with E-state index in [0.717, 1.165) is 18.5 Å². The number of hydrogen-bond acceptors (Lipinski definition) is 2. The van der Waals surface area contributed by atoms with E-state index in [1.165, 1.54) is 5.56 Å². The highest BCUT2D eigenvalue weighted by molar-refractivity contribution is 6.34. The Hall–Kier alpha value is -1.84. The lowest BCUT2D eigenvalue weighted by atomic mass is 9.91. The van der Waals surface area contributed by atoms with E-state index in [1.54, 1.807) is 12.1 Å². The van der Waals surface area contributed by atoms with E-state index in [4.69, 9.17) is 11.6 Å². The van der Waals surface area contributed by atoms with E-state index in [9.17, 15) is 9.90 Å². The Morgan fingerprint density at radius 2 is 1.92 bits per heavy atom. The molecule has 0 aromatic heterocycles. The molecule has 2 aromatic carbocycles. The third-order valence-electron chi connectivity index (χ3n) is 4.98. The summed E-state index contributed by atoms with van der Waals surface area (Å²) in [5.74, 6) is -0.493. The molecule has 1 heterocycles.